The van der Waals surface area contributed by atoms with Gasteiger partial charge in [0.2, 0.25) is 0 Å². The summed E-state index contributed by atoms with van der Waals surface area (Å²) in [7, 11) is -4.13. The molecule has 28 heavy (non-hydrogen) atoms. The van der Waals surface area contributed by atoms with E-state index in [4.69, 9.17) is 4.28 Å². The zero-order valence-corrected chi connectivity index (χ0v) is 16.4. The highest BCUT2D eigenvalue weighted by Gasteiger charge is 2.21. The third-order valence-corrected chi connectivity index (χ3v) is 6.55. The molecule has 0 unspecified atom stereocenters. The fraction of sp³-hybridized carbons (Fsp3) is 0.222. The monoisotopic (exact) mass is 418 g/mol. The van der Waals surface area contributed by atoms with E-state index in [0.717, 1.165) is 42.1 Å². The van der Waals surface area contributed by atoms with Crippen LogP contribution >= 0.6 is 11.3 Å². The summed E-state index contributed by atoms with van der Waals surface area (Å²) in [6.07, 6.45) is 1.42. The van der Waals surface area contributed by atoms with Gasteiger partial charge in [-0.05, 0) is 22.9 Å². The predicted molar refractivity (Wildman–Crippen MR) is 107 cm³/mol. The number of nitrogens with zero attached hydrogens (tertiary/aromatic N) is 2. The second-order valence-electron chi connectivity index (χ2n) is 6.22. The first-order chi connectivity index (χ1) is 13.5. The van der Waals surface area contributed by atoms with Gasteiger partial charge in [0, 0.05) is 26.2 Å². The molecule has 1 saturated heterocycles. The van der Waals surface area contributed by atoms with Gasteiger partial charge in [-0.25, -0.2) is 10.5 Å². The average molecular weight is 419 g/mol. The van der Waals surface area contributed by atoms with Crippen LogP contribution < -0.4 is 15.7 Å². The lowest BCUT2D eigenvalue weighted by molar-refractivity contribution is 0.0775. The number of thiazole rings is 1. The van der Waals surface area contributed by atoms with E-state index in [1.165, 1.54) is 29.7 Å². The Morgan fingerprint density at radius 1 is 1.14 bits per heavy atom. The lowest BCUT2D eigenvalue weighted by Gasteiger charge is -2.26. The number of amides is 1. The van der Waals surface area contributed by atoms with Gasteiger partial charge in [-0.2, -0.15) is 8.42 Å². The number of hydrogen-bond donors (Lipinski definition) is 2. The van der Waals surface area contributed by atoms with Crippen molar-refractivity contribution in [3.8, 4) is 0 Å². The molecule has 0 aliphatic carbocycles. The Labute approximate surface area is 166 Å². The van der Waals surface area contributed by atoms with Crippen LogP contribution in [0.25, 0.3) is 10.8 Å². The van der Waals surface area contributed by atoms with E-state index in [2.05, 4.69) is 15.2 Å². The largest absolute Gasteiger partial charge is 0.346 e. The molecule has 1 amide bonds. The van der Waals surface area contributed by atoms with Crippen LogP contribution in [0.15, 0.2) is 53.6 Å². The number of hydroxylamine groups is 1. The van der Waals surface area contributed by atoms with Gasteiger partial charge in [0.05, 0.1) is 11.1 Å². The predicted octanol–water partition coefficient (Wildman–Crippen LogP) is 1.76. The van der Waals surface area contributed by atoms with E-state index in [0.29, 0.717) is 0 Å². The highest BCUT2D eigenvalue weighted by atomic mass is 32.2. The number of nitrogens with one attached hydrogen (secondary N) is 2. The van der Waals surface area contributed by atoms with E-state index in [1.54, 1.807) is 6.07 Å². The number of fused-ring (bicyclic) bond motifs is 1. The topological polar surface area (TPSA) is 101 Å². The quantitative estimate of drug-likeness (QED) is 0.609. The van der Waals surface area contributed by atoms with Crippen molar-refractivity contribution < 1.29 is 17.5 Å². The Hall–Kier alpha value is -2.53. The van der Waals surface area contributed by atoms with Crippen LogP contribution in [0.3, 0.4) is 0 Å². The fourth-order valence-electron chi connectivity index (χ4n) is 2.89. The van der Waals surface area contributed by atoms with E-state index in [9.17, 15) is 13.2 Å². The van der Waals surface area contributed by atoms with Crippen molar-refractivity contribution in [3.05, 3.63) is 53.5 Å². The fourth-order valence-corrected chi connectivity index (χ4v) is 4.53. The average Bonchev–Trinajstić information content (AvgIpc) is 3.23. The maximum atomic E-state index is 12.4. The Morgan fingerprint density at radius 3 is 2.68 bits per heavy atom. The Balaban J connectivity index is 1.44. The summed E-state index contributed by atoms with van der Waals surface area (Å²) in [5, 5.41) is 5.65. The number of aromatic nitrogens is 1. The van der Waals surface area contributed by atoms with Crippen LogP contribution in [0, 0.1) is 0 Å². The van der Waals surface area contributed by atoms with E-state index in [-0.39, 0.29) is 9.77 Å². The molecule has 1 aliphatic heterocycles. The minimum atomic E-state index is -4.13. The summed E-state index contributed by atoms with van der Waals surface area (Å²) in [5.41, 5.74) is 2.01. The van der Waals surface area contributed by atoms with Crippen LogP contribution in [-0.2, 0) is 14.4 Å². The lowest BCUT2D eigenvalue weighted by Crippen LogP contribution is -2.43. The normalized spacial score (nSPS) is 14.9. The van der Waals surface area contributed by atoms with Crippen LogP contribution in [0.4, 0.5) is 5.13 Å². The molecule has 0 spiro atoms. The Morgan fingerprint density at radius 2 is 1.89 bits per heavy atom. The Kier molecular flexibility index (Phi) is 5.27. The second kappa shape index (κ2) is 7.84. The van der Waals surface area contributed by atoms with Crippen LogP contribution in [0.5, 0.6) is 0 Å². The van der Waals surface area contributed by atoms with Gasteiger partial charge in [-0.1, -0.05) is 41.7 Å². The zero-order chi connectivity index (χ0) is 19.6. The number of carbonyl (C=O) groups is 1. The molecule has 0 bridgehead atoms. The van der Waals surface area contributed by atoms with Crippen molar-refractivity contribution in [2.75, 3.05) is 31.1 Å². The first-order valence-electron chi connectivity index (χ1n) is 8.67. The SMILES string of the molecule is O=C(NOS(=O)(=O)c1ccc2ccccc2c1)c1cnc(N2CCNCC2)s1. The number of carbonyl (C=O) groups excluding carboxylic acids is 1. The summed E-state index contributed by atoms with van der Waals surface area (Å²) in [4.78, 5) is 18.8. The molecule has 1 aromatic heterocycles. The molecule has 10 heteroatoms. The molecule has 0 atom stereocenters. The number of piperazine rings is 1. The van der Waals surface area contributed by atoms with Gasteiger partial charge >= 0.3 is 10.1 Å². The first-order valence-corrected chi connectivity index (χ1v) is 10.9. The van der Waals surface area contributed by atoms with Crippen molar-refractivity contribution in [1.82, 2.24) is 15.8 Å². The molecule has 2 N–H and O–H groups in total. The number of hydrogen-bond acceptors (Lipinski definition) is 8. The van der Waals surface area contributed by atoms with Crippen molar-refractivity contribution in [2.24, 2.45) is 0 Å². The smallest absolute Gasteiger partial charge is 0.317 e. The van der Waals surface area contributed by atoms with Crippen molar-refractivity contribution in [2.45, 2.75) is 4.90 Å². The molecule has 3 aromatic rings. The summed E-state index contributed by atoms with van der Waals surface area (Å²) in [5.74, 6) is -0.650. The van der Waals surface area contributed by atoms with Crippen LogP contribution in [-0.4, -0.2) is 45.5 Å². The molecule has 146 valence electrons. The molecule has 2 aromatic carbocycles. The highest BCUT2D eigenvalue weighted by Crippen LogP contribution is 2.23. The minimum absolute atomic E-state index is 0.0303. The summed E-state index contributed by atoms with van der Waals surface area (Å²) in [6, 6.07) is 12.0. The van der Waals surface area contributed by atoms with Crippen LogP contribution in [0.1, 0.15) is 9.67 Å². The van der Waals surface area contributed by atoms with E-state index >= 15 is 0 Å². The van der Waals surface area contributed by atoms with Crippen LogP contribution in [0.2, 0.25) is 0 Å². The lowest BCUT2D eigenvalue weighted by atomic mass is 10.1. The van der Waals surface area contributed by atoms with Crippen molar-refractivity contribution in [3.63, 3.8) is 0 Å². The van der Waals surface area contributed by atoms with Crippen molar-refractivity contribution >= 4 is 43.3 Å². The molecular weight excluding hydrogens is 400 g/mol. The molecular formula is C18H18N4O4S2. The van der Waals surface area contributed by atoms with E-state index in [1.807, 2.05) is 29.7 Å². The van der Waals surface area contributed by atoms with Gasteiger partial charge in [-0.15, -0.1) is 4.28 Å². The molecule has 8 nitrogen and oxygen atoms in total. The molecule has 0 radical (unpaired) electrons. The first kappa shape index (κ1) is 18.8. The third kappa shape index (κ3) is 3.99. The van der Waals surface area contributed by atoms with Gasteiger partial charge in [-0.3, -0.25) is 4.79 Å². The number of benzene rings is 2. The van der Waals surface area contributed by atoms with Gasteiger partial charge in [0.15, 0.2) is 5.13 Å². The Bertz CT molecular complexity index is 1110. The van der Waals surface area contributed by atoms with Crippen molar-refractivity contribution in [1.29, 1.82) is 0 Å². The second-order valence-corrected chi connectivity index (χ2v) is 8.78. The standard InChI is InChI=1S/C18H18N4O4S2/c23-17(16-12-20-18(27-16)22-9-7-19-8-10-22)21-26-28(24,25)15-6-5-13-3-1-2-4-14(13)11-15/h1-6,11-12,19H,7-10H2,(H,21,23). The summed E-state index contributed by atoms with van der Waals surface area (Å²) in [6.45, 7) is 3.32. The third-order valence-electron chi connectivity index (χ3n) is 4.36. The molecule has 1 aliphatic rings. The maximum Gasteiger partial charge on any atom is 0.317 e. The van der Waals surface area contributed by atoms with Gasteiger partial charge in [0.1, 0.15) is 4.88 Å². The summed E-state index contributed by atoms with van der Waals surface area (Å²) >= 11 is 1.20. The van der Waals surface area contributed by atoms with E-state index < -0.39 is 16.0 Å². The molecule has 4 rings (SSSR count). The number of anilines is 1. The number of rotatable bonds is 5. The molecule has 1 fully saturated rings. The zero-order valence-electron chi connectivity index (χ0n) is 14.8. The maximum absolute atomic E-state index is 12.4. The minimum Gasteiger partial charge on any atom is -0.346 e. The van der Waals surface area contributed by atoms with Gasteiger partial charge in [0.25, 0.3) is 5.91 Å². The summed E-state index contributed by atoms with van der Waals surface area (Å²) < 4.78 is 29.6. The molecule has 0 saturated carbocycles. The van der Waals surface area contributed by atoms with Gasteiger partial charge < -0.3 is 10.2 Å². The highest BCUT2D eigenvalue weighted by molar-refractivity contribution is 7.86. The molecule has 2 heterocycles.